The van der Waals surface area contributed by atoms with Gasteiger partial charge in [0.05, 0.1) is 16.5 Å². The lowest BCUT2D eigenvalue weighted by molar-refractivity contribution is 0.288. The van der Waals surface area contributed by atoms with E-state index in [1.807, 2.05) is 35.0 Å². The Morgan fingerprint density at radius 2 is 1.78 bits per heavy atom. The molecule has 0 amide bonds. The first-order chi connectivity index (χ1) is 15.6. The van der Waals surface area contributed by atoms with E-state index < -0.39 is 0 Å². The molecule has 0 radical (unpaired) electrons. The van der Waals surface area contributed by atoms with Crippen LogP contribution in [0.15, 0.2) is 47.6 Å². The summed E-state index contributed by atoms with van der Waals surface area (Å²) in [6.45, 7) is 4.44. The summed E-state index contributed by atoms with van der Waals surface area (Å²) in [5.41, 5.74) is 3.28. The van der Waals surface area contributed by atoms with E-state index in [9.17, 15) is 0 Å². The van der Waals surface area contributed by atoms with Crippen LogP contribution in [0, 0.1) is 13.8 Å². The maximum Gasteiger partial charge on any atom is 0.192 e. The van der Waals surface area contributed by atoms with Gasteiger partial charge in [-0.2, -0.15) is 4.68 Å². The smallest absolute Gasteiger partial charge is 0.192 e. The lowest BCUT2D eigenvalue weighted by atomic mass is 10.1. The number of thioether (sulfide) groups is 1. The molecule has 32 heavy (non-hydrogen) atoms. The fourth-order valence-electron chi connectivity index (χ4n) is 3.65. The van der Waals surface area contributed by atoms with Crippen LogP contribution in [0.2, 0.25) is 5.02 Å². The first-order valence-electron chi connectivity index (χ1n) is 10.4. The molecular weight excluding hydrogens is 446 g/mol. The van der Waals surface area contributed by atoms with Gasteiger partial charge in [-0.25, -0.2) is 0 Å². The third kappa shape index (κ3) is 4.22. The van der Waals surface area contributed by atoms with Gasteiger partial charge in [0.1, 0.15) is 12.4 Å². The van der Waals surface area contributed by atoms with Crippen LogP contribution >= 0.6 is 23.4 Å². The molecule has 1 aliphatic rings. The highest BCUT2D eigenvalue weighted by Gasteiger charge is 2.30. The Balaban J connectivity index is 1.34. The van der Waals surface area contributed by atoms with Crippen molar-refractivity contribution in [2.75, 3.05) is 0 Å². The predicted molar refractivity (Wildman–Crippen MR) is 122 cm³/mol. The van der Waals surface area contributed by atoms with Gasteiger partial charge in [-0.1, -0.05) is 53.7 Å². The van der Waals surface area contributed by atoms with E-state index >= 15 is 0 Å². The van der Waals surface area contributed by atoms with E-state index in [4.69, 9.17) is 16.3 Å². The largest absolute Gasteiger partial charge is 0.484 e. The minimum Gasteiger partial charge on any atom is -0.484 e. The van der Waals surface area contributed by atoms with Crippen LogP contribution in [0.5, 0.6) is 5.75 Å². The van der Waals surface area contributed by atoms with Crippen LogP contribution < -0.4 is 4.74 Å². The highest BCUT2D eigenvalue weighted by atomic mass is 35.5. The lowest BCUT2D eigenvalue weighted by Gasteiger charge is -2.12. The molecule has 0 saturated heterocycles. The van der Waals surface area contributed by atoms with Crippen LogP contribution in [0.3, 0.4) is 0 Å². The number of tetrazole rings is 1. The molecule has 1 saturated carbocycles. The first kappa shape index (κ1) is 21.0. The molecule has 0 N–H and O–H groups in total. The Kier molecular flexibility index (Phi) is 5.84. The minimum atomic E-state index is 0.313. The summed E-state index contributed by atoms with van der Waals surface area (Å²) in [4.78, 5) is 0. The normalized spacial score (nSPS) is 13.5. The van der Waals surface area contributed by atoms with Gasteiger partial charge in [-0.15, -0.1) is 15.3 Å². The molecule has 0 bridgehead atoms. The number of aryl methyl sites for hydroxylation is 2. The van der Waals surface area contributed by atoms with Crippen LogP contribution in [0.4, 0.5) is 0 Å². The molecule has 1 fully saturated rings. The molecule has 164 valence electrons. The summed E-state index contributed by atoms with van der Waals surface area (Å²) in [7, 11) is 0. The number of rotatable bonds is 8. The monoisotopic (exact) mass is 467 g/mol. The molecule has 4 aromatic rings. The van der Waals surface area contributed by atoms with Crippen molar-refractivity contribution in [3.05, 3.63) is 70.3 Å². The van der Waals surface area contributed by atoms with E-state index in [1.54, 1.807) is 11.8 Å². The molecule has 0 unspecified atom stereocenters. The van der Waals surface area contributed by atoms with Crippen molar-refractivity contribution in [1.82, 2.24) is 35.0 Å². The van der Waals surface area contributed by atoms with Gasteiger partial charge in [0.2, 0.25) is 0 Å². The van der Waals surface area contributed by atoms with Gasteiger partial charge >= 0.3 is 0 Å². The number of benzene rings is 2. The summed E-state index contributed by atoms with van der Waals surface area (Å²) >= 11 is 7.80. The zero-order valence-electron chi connectivity index (χ0n) is 17.8. The Morgan fingerprint density at radius 3 is 2.53 bits per heavy atom. The first-order valence-corrected chi connectivity index (χ1v) is 11.8. The maximum absolute atomic E-state index is 6.21. The van der Waals surface area contributed by atoms with Crippen LogP contribution in [-0.2, 0) is 12.4 Å². The van der Waals surface area contributed by atoms with Gasteiger partial charge in [0.25, 0.3) is 0 Å². The predicted octanol–water partition coefficient (Wildman–Crippen LogP) is 4.73. The third-order valence-electron chi connectivity index (χ3n) is 5.36. The summed E-state index contributed by atoms with van der Waals surface area (Å²) < 4.78 is 9.90. The molecule has 1 aliphatic carbocycles. The highest BCUT2D eigenvalue weighted by Crippen LogP contribution is 2.39. The molecule has 0 aliphatic heterocycles. The van der Waals surface area contributed by atoms with Crippen molar-refractivity contribution in [3.8, 4) is 11.4 Å². The van der Waals surface area contributed by atoms with E-state index in [-0.39, 0.29) is 0 Å². The average Bonchev–Trinajstić information content (AvgIpc) is 3.37. The average molecular weight is 468 g/mol. The van der Waals surface area contributed by atoms with E-state index in [1.165, 1.54) is 0 Å². The van der Waals surface area contributed by atoms with E-state index in [0.29, 0.717) is 29.2 Å². The number of nitrogens with zero attached hydrogens (tertiary/aromatic N) is 7. The number of ether oxygens (including phenoxy) is 1. The Bertz CT molecular complexity index is 1230. The fourth-order valence-corrected chi connectivity index (χ4v) is 4.77. The lowest BCUT2D eigenvalue weighted by Crippen LogP contribution is -2.08. The topological polar surface area (TPSA) is 83.5 Å². The van der Waals surface area contributed by atoms with Crippen LogP contribution in [0.25, 0.3) is 5.69 Å². The summed E-state index contributed by atoms with van der Waals surface area (Å²) in [6.07, 6.45) is 2.23. The fraction of sp³-hybridized carbons (Fsp3) is 0.318. The second-order valence-corrected chi connectivity index (χ2v) is 9.10. The molecule has 5 rings (SSSR count). The molecule has 0 atom stereocenters. The molecule has 0 spiro atoms. The van der Waals surface area contributed by atoms with Gasteiger partial charge in [0, 0.05) is 6.04 Å². The van der Waals surface area contributed by atoms with Crippen molar-refractivity contribution in [2.24, 2.45) is 0 Å². The Labute approximate surface area is 195 Å². The molecule has 10 heteroatoms. The van der Waals surface area contributed by atoms with Gasteiger partial charge in [0.15, 0.2) is 16.8 Å². The number of aromatic nitrogens is 7. The summed E-state index contributed by atoms with van der Waals surface area (Å²) in [5.74, 6) is 2.79. The summed E-state index contributed by atoms with van der Waals surface area (Å²) in [6, 6.07) is 14.0. The Hall–Kier alpha value is -2.91. The standard InChI is InChI=1S/C22H22ClN7OS/c1-14-6-5-7-15(2)21(14)30-20(25-27-28-30)13-32-22-26-24-19(29(22)16-10-11-16)12-31-18-9-4-3-8-17(18)23/h3-9,16H,10-13H2,1-2H3. The van der Waals surface area contributed by atoms with E-state index in [2.05, 4.69) is 56.3 Å². The quantitative estimate of drug-likeness (QED) is 0.346. The SMILES string of the molecule is Cc1cccc(C)c1-n1nnnc1CSc1nnc(COc2ccccc2Cl)n1C1CC1. The van der Waals surface area contributed by atoms with Crippen LogP contribution in [0.1, 0.15) is 41.7 Å². The molecule has 2 aromatic carbocycles. The number of para-hydroxylation sites is 2. The van der Waals surface area contributed by atoms with Crippen molar-refractivity contribution in [1.29, 1.82) is 0 Å². The highest BCUT2D eigenvalue weighted by molar-refractivity contribution is 7.98. The van der Waals surface area contributed by atoms with Crippen molar-refractivity contribution >= 4 is 23.4 Å². The van der Waals surface area contributed by atoms with Gasteiger partial charge in [-0.3, -0.25) is 4.57 Å². The Morgan fingerprint density at radius 1 is 1.00 bits per heavy atom. The third-order valence-corrected chi connectivity index (χ3v) is 6.61. The zero-order valence-corrected chi connectivity index (χ0v) is 19.3. The van der Waals surface area contributed by atoms with Gasteiger partial charge < -0.3 is 4.74 Å². The maximum atomic E-state index is 6.21. The van der Waals surface area contributed by atoms with Crippen molar-refractivity contribution in [3.63, 3.8) is 0 Å². The van der Waals surface area contributed by atoms with Crippen molar-refractivity contribution < 1.29 is 4.74 Å². The van der Waals surface area contributed by atoms with E-state index in [0.717, 1.165) is 46.5 Å². The summed E-state index contributed by atoms with van der Waals surface area (Å²) in [5, 5.41) is 22.7. The number of halogens is 1. The van der Waals surface area contributed by atoms with Gasteiger partial charge in [-0.05, 0) is 60.4 Å². The van der Waals surface area contributed by atoms with Crippen LogP contribution in [-0.4, -0.2) is 35.0 Å². The van der Waals surface area contributed by atoms with Crippen molar-refractivity contribution in [2.45, 2.75) is 50.2 Å². The molecule has 2 heterocycles. The zero-order chi connectivity index (χ0) is 22.1. The second-order valence-electron chi connectivity index (χ2n) is 7.76. The molecule has 8 nitrogen and oxygen atoms in total. The molecular formula is C22H22ClN7OS. The number of hydrogen-bond donors (Lipinski definition) is 0. The minimum absolute atomic E-state index is 0.313. The second kappa shape index (κ2) is 8.91. The molecule has 2 aromatic heterocycles. The number of hydrogen-bond acceptors (Lipinski definition) is 7.